The maximum Gasteiger partial charge on any atom is 0.191 e. The maximum atomic E-state index is 5.50. The van der Waals surface area contributed by atoms with Gasteiger partial charge in [-0.25, -0.2) is 4.99 Å². The number of hydrogen-bond acceptors (Lipinski definition) is 6. The Kier molecular flexibility index (Phi) is 12.3. The molecule has 0 aliphatic carbocycles. The molecule has 0 unspecified atom stereocenters. The van der Waals surface area contributed by atoms with Gasteiger partial charge in [0.1, 0.15) is 17.3 Å². The maximum absolute atomic E-state index is 5.50. The van der Waals surface area contributed by atoms with Crippen LogP contribution < -0.4 is 20.1 Å². The number of nitrogens with zero attached hydrogens (tertiary/aromatic N) is 2. The van der Waals surface area contributed by atoms with Crippen molar-refractivity contribution in [3.63, 3.8) is 0 Å². The molecule has 9 heteroatoms. The second-order valence-corrected chi connectivity index (χ2v) is 7.33. The Morgan fingerprint density at radius 2 is 1.91 bits per heavy atom. The topological polar surface area (TPSA) is 80.5 Å². The van der Waals surface area contributed by atoms with Gasteiger partial charge in [0.25, 0.3) is 0 Å². The van der Waals surface area contributed by atoms with E-state index in [2.05, 4.69) is 15.5 Å². The number of furan rings is 1. The largest absolute Gasteiger partial charge is 0.497 e. The molecule has 8 nitrogen and oxygen atoms in total. The van der Waals surface area contributed by atoms with E-state index in [-0.39, 0.29) is 24.0 Å². The third-order valence-electron chi connectivity index (χ3n) is 5.19. The average molecular weight is 558 g/mol. The molecule has 0 spiro atoms. The zero-order valence-electron chi connectivity index (χ0n) is 19.0. The fourth-order valence-electron chi connectivity index (χ4n) is 3.41. The van der Waals surface area contributed by atoms with Crippen LogP contribution in [0.15, 0.2) is 46.0 Å². The van der Waals surface area contributed by atoms with Crippen LogP contribution in [-0.4, -0.2) is 71.0 Å². The lowest BCUT2D eigenvalue weighted by Crippen LogP contribution is -2.41. The van der Waals surface area contributed by atoms with E-state index in [1.165, 1.54) is 0 Å². The summed E-state index contributed by atoms with van der Waals surface area (Å²) in [5.74, 6) is 3.27. The molecule has 1 aromatic heterocycles. The third kappa shape index (κ3) is 8.87. The molecule has 3 rings (SSSR count). The standard InChI is InChI=1S/C23H34N4O4.HI/c1-28-21-7-6-19(22(17-21)29-2)18-26-23(25-10-8-20-5-3-14-31-20)24-9-4-11-27-12-15-30-16-13-27;/h3,5-7,14,17H,4,8-13,15-16,18H2,1-2H3,(H2,24,25,26);1H. The average Bonchev–Trinajstić information content (AvgIpc) is 3.34. The molecule has 1 aliphatic rings. The van der Waals surface area contributed by atoms with Crippen molar-refractivity contribution in [3.8, 4) is 11.5 Å². The van der Waals surface area contributed by atoms with E-state index in [1.54, 1.807) is 20.5 Å². The summed E-state index contributed by atoms with van der Waals surface area (Å²) in [5, 5.41) is 6.86. The second kappa shape index (κ2) is 15.0. The van der Waals surface area contributed by atoms with Gasteiger partial charge >= 0.3 is 0 Å². The van der Waals surface area contributed by atoms with Crippen LogP contribution >= 0.6 is 24.0 Å². The van der Waals surface area contributed by atoms with Crippen LogP contribution in [0.1, 0.15) is 17.7 Å². The predicted octanol–water partition coefficient (Wildman–Crippen LogP) is 2.92. The van der Waals surface area contributed by atoms with Gasteiger partial charge in [0.05, 0.1) is 40.2 Å². The number of aliphatic imine (C=N–C) groups is 1. The van der Waals surface area contributed by atoms with E-state index in [0.717, 1.165) is 87.6 Å². The van der Waals surface area contributed by atoms with E-state index >= 15 is 0 Å². The highest BCUT2D eigenvalue weighted by atomic mass is 127. The molecule has 2 aromatic rings. The number of ether oxygens (including phenoxy) is 3. The van der Waals surface area contributed by atoms with Gasteiger partial charge in [-0.05, 0) is 37.2 Å². The number of guanidine groups is 1. The molecule has 1 aromatic carbocycles. The first-order chi connectivity index (χ1) is 15.3. The summed E-state index contributed by atoms with van der Waals surface area (Å²) in [6, 6.07) is 9.68. The van der Waals surface area contributed by atoms with Gasteiger partial charge in [-0.1, -0.05) is 0 Å². The Balaban J connectivity index is 0.00000363. The first-order valence-electron chi connectivity index (χ1n) is 10.8. The first kappa shape index (κ1) is 26.3. The highest BCUT2D eigenvalue weighted by Gasteiger charge is 2.10. The van der Waals surface area contributed by atoms with E-state index in [0.29, 0.717) is 6.54 Å². The summed E-state index contributed by atoms with van der Waals surface area (Å²) in [4.78, 5) is 7.21. The molecule has 0 saturated carbocycles. The summed E-state index contributed by atoms with van der Waals surface area (Å²) in [6.45, 7) is 6.84. The monoisotopic (exact) mass is 558 g/mol. The summed E-state index contributed by atoms with van der Waals surface area (Å²) in [5.41, 5.74) is 1.00. The molecule has 2 heterocycles. The van der Waals surface area contributed by atoms with E-state index in [1.807, 2.05) is 30.3 Å². The Morgan fingerprint density at radius 3 is 2.62 bits per heavy atom. The lowest BCUT2D eigenvalue weighted by molar-refractivity contribution is 0.0376. The van der Waals surface area contributed by atoms with E-state index < -0.39 is 0 Å². The Morgan fingerprint density at radius 1 is 1.09 bits per heavy atom. The lowest BCUT2D eigenvalue weighted by Gasteiger charge is -2.26. The van der Waals surface area contributed by atoms with Crippen molar-refractivity contribution in [2.24, 2.45) is 4.99 Å². The second-order valence-electron chi connectivity index (χ2n) is 7.33. The molecule has 2 N–H and O–H groups in total. The zero-order chi connectivity index (χ0) is 21.7. The quantitative estimate of drug-likeness (QED) is 0.190. The number of halogens is 1. The first-order valence-corrected chi connectivity index (χ1v) is 10.8. The minimum Gasteiger partial charge on any atom is -0.497 e. The van der Waals surface area contributed by atoms with E-state index in [9.17, 15) is 0 Å². The lowest BCUT2D eigenvalue weighted by atomic mass is 10.2. The van der Waals surface area contributed by atoms with Crippen molar-refractivity contribution >= 4 is 29.9 Å². The van der Waals surface area contributed by atoms with Crippen molar-refractivity contribution < 1.29 is 18.6 Å². The summed E-state index contributed by atoms with van der Waals surface area (Å²) in [7, 11) is 3.31. The summed E-state index contributed by atoms with van der Waals surface area (Å²) in [6.07, 6.45) is 3.54. The highest BCUT2D eigenvalue weighted by molar-refractivity contribution is 14.0. The van der Waals surface area contributed by atoms with Gasteiger partial charge in [0.2, 0.25) is 0 Å². The SMILES string of the molecule is COc1ccc(CN=C(NCCCN2CCOCC2)NCCc2ccco2)c(OC)c1.I. The fraction of sp³-hybridized carbons (Fsp3) is 0.522. The fourth-order valence-corrected chi connectivity index (χ4v) is 3.41. The number of benzene rings is 1. The number of methoxy groups -OCH3 is 2. The van der Waals surface area contributed by atoms with Crippen LogP contribution in [0.3, 0.4) is 0 Å². The third-order valence-corrected chi connectivity index (χ3v) is 5.19. The number of morpholine rings is 1. The minimum absolute atomic E-state index is 0. The zero-order valence-corrected chi connectivity index (χ0v) is 21.3. The van der Waals surface area contributed by atoms with Crippen molar-refractivity contribution in [2.75, 3.05) is 60.2 Å². The molecule has 0 atom stereocenters. The van der Waals surface area contributed by atoms with Crippen LogP contribution in [-0.2, 0) is 17.7 Å². The number of hydrogen-bond donors (Lipinski definition) is 2. The molecule has 32 heavy (non-hydrogen) atoms. The molecule has 0 amide bonds. The van der Waals surface area contributed by atoms with Crippen molar-refractivity contribution in [1.29, 1.82) is 0 Å². The Labute approximate surface area is 207 Å². The van der Waals surface area contributed by atoms with Crippen molar-refractivity contribution in [3.05, 3.63) is 47.9 Å². The van der Waals surface area contributed by atoms with Crippen molar-refractivity contribution in [2.45, 2.75) is 19.4 Å². The van der Waals surface area contributed by atoms with Gasteiger partial charge < -0.3 is 29.3 Å². The van der Waals surface area contributed by atoms with Gasteiger partial charge in [-0.15, -0.1) is 24.0 Å². The molecule has 0 bridgehead atoms. The predicted molar refractivity (Wildman–Crippen MR) is 136 cm³/mol. The number of nitrogens with one attached hydrogen (secondary N) is 2. The molecular weight excluding hydrogens is 523 g/mol. The van der Waals surface area contributed by atoms with Gasteiger partial charge in [-0.3, -0.25) is 4.90 Å². The van der Waals surface area contributed by atoms with Crippen molar-refractivity contribution in [1.82, 2.24) is 15.5 Å². The minimum atomic E-state index is 0. The molecular formula is C23H35IN4O4. The molecule has 1 saturated heterocycles. The van der Waals surface area contributed by atoms with Crippen LogP contribution in [0, 0.1) is 0 Å². The van der Waals surface area contributed by atoms with E-state index in [4.69, 9.17) is 23.6 Å². The smallest absolute Gasteiger partial charge is 0.191 e. The summed E-state index contributed by atoms with van der Waals surface area (Å²) >= 11 is 0. The molecule has 1 fully saturated rings. The Hall–Kier alpha value is -1.98. The summed E-state index contributed by atoms with van der Waals surface area (Å²) < 4.78 is 21.6. The normalized spacial score (nSPS) is 14.5. The highest BCUT2D eigenvalue weighted by Crippen LogP contribution is 2.25. The van der Waals surface area contributed by atoms with Crippen LogP contribution in [0.2, 0.25) is 0 Å². The van der Waals surface area contributed by atoms with Gasteiger partial charge in [-0.2, -0.15) is 0 Å². The Bertz CT molecular complexity index is 795. The van der Waals surface area contributed by atoms with Crippen LogP contribution in [0.4, 0.5) is 0 Å². The molecule has 1 aliphatic heterocycles. The van der Waals surface area contributed by atoms with Gasteiger partial charge in [0.15, 0.2) is 5.96 Å². The van der Waals surface area contributed by atoms with Gasteiger partial charge in [0, 0.05) is 44.2 Å². The molecule has 178 valence electrons. The number of rotatable bonds is 11. The van der Waals surface area contributed by atoms with Crippen LogP contribution in [0.5, 0.6) is 11.5 Å². The van der Waals surface area contributed by atoms with Crippen LogP contribution in [0.25, 0.3) is 0 Å². The molecule has 0 radical (unpaired) electrons.